The van der Waals surface area contributed by atoms with Crippen LogP contribution < -0.4 is 10.1 Å². The van der Waals surface area contributed by atoms with E-state index in [1.54, 1.807) is 0 Å². The van der Waals surface area contributed by atoms with Crippen LogP contribution in [0.5, 0.6) is 5.75 Å². The van der Waals surface area contributed by atoms with Crippen LogP contribution >= 0.6 is 0 Å². The maximum absolute atomic E-state index is 11.0. The highest BCUT2D eigenvalue weighted by atomic mass is 16.5. The molecule has 0 fully saturated rings. The number of rotatable bonds is 11. The molecule has 112 valence electrons. The van der Waals surface area contributed by atoms with Crippen LogP contribution in [0.25, 0.3) is 0 Å². The Hall–Kier alpha value is -1.59. The molecule has 0 aliphatic carbocycles. The largest absolute Gasteiger partial charge is 0.491 e. The lowest BCUT2D eigenvalue weighted by atomic mass is 10.3. The molecule has 20 heavy (non-hydrogen) atoms. The van der Waals surface area contributed by atoms with Gasteiger partial charge in [-0.3, -0.25) is 4.79 Å². The van der Waals surface area contributed by atoms with Crippen LogP contribution in [-0.4, -0.2) is 45.9 Å². The van der Waals surface area contributed by atoms with Crippen molar-refractivity contribution in [2.24, 2.45) is 0 Å². The van der Waals surface area contributed by atoms with Crippen LogP contribution in [0.15, 0.2) is 24.3 Å². The first-order chi connectivity index (χ1) is 9.76. The van der Waals surface area contributed by atoms with Crippen molar-refractivity contribution in [1.82, 2.24) is 0 Å². The smallest absolute Gasteiger partial charge is 0.158 e. The van der Waals surface area contributed by atoms with Crippen molar-refractivity contribution in [1.29, 1.82) is 0 Å². The lowest BCUT2D eigenvalue weighted by Crippen LogP contribution is -2.13. The molecule has 0 bridgehead atoms. The predicted octanol–water partition coefficient (Wildman–Crippen LogP) is 2.12. The normalized spacial score (nSPS) is 10.3. The molecule has 0 amide bonds. The van der Waals surface area contributed by atoms with E-state index in [0.29, 0.717) is 32.8 Å². The quantitative estimate of drug-likeness (QED) is 0.630. The number of carbonyl (C=O) groups is 1. The fraction of sp³-hybridized carbons (Fsp3) is 0.533. The Kier molecular flexibility index (Phi) is 8.42. The maximum Gasteiger partial charge on any atom is 0.158 e. The fourth-order valence-corrected chi connectivity index (χ4v) is 1.44. The summed E-state index contributed by atoms with van der Waals surface area (Å²) in [6.45, 7) is 3.89. The third-order valence-electron chi connectivity index (χ3n) is 2.67. The van der Waals surface area contributed by atoms with Gasteiger partial charge in [0.2, 0.25) is 0 Å². The number of anilines is 1. The summed E-state index contributed by atoms with van der Waals surface area (Å²) in [4.78, 5) is 11.0. The summed E-state index contributed by atoms with van der Waals surface area (Å²) in [5.74, 6) is 0.927. The van der Waals surface area contributed by atoms with Gasteiger partial charge in [-0.1, -0.05) is 6.92 Å². The summed E-state index contributed by atoms with van der Waals surface area (Å²) in [6, 6.07) is 7.72. The first-order valence-electron chi connectivity index (χ1n) is 6.84. The molecule has 0 spiro atoms. The Labute approximate surface area is 120 Å². The molecule has 1 N–H and O–H groups in total. The van der Waals surface area contributed by atoms with Crippen LogP contribution in [0, 0.1) is 0 Å². The van der Waals surface area contributed by atoms with Gasteiger partial charge in [-0.2, -0.15) is 0 Å². The van der Waals surface area contributed by atoms with Crippen molar-refractivity contribution in [3.8, 4) is 5.75 Å². The summed E-state index contributed by atoms with van der Waals surface area (Å²) in [5, 5.41) is 3.04. The van der Waals surface area contributed by atoms with Gasteiger partial charge in [0.1, 0.15) is 19.0 Å². The number of hydrogen-bond donors (Lipinski definition) is 1. The highest BCUT2D eigenvalue weighted by Crippen LogP contribution is 2.14. The number of hydrogen-bond acceptors (Lipinski definition) is 5. The third-order valence-corrected chi connectivity index (χ3v) is 2.67. The monoisotopic (exact) mass is 281 g/mol. The molecule has 0 radical (unpaired) electrons. The number of nitrogens with one attached hydrogen (secondary N) is 1. The molecule has 0 aliphatic rings. The van der Waals surface area contributed by atoms with E-state index in [1.165, 1.54) is 0 Å². The van der Waals surface area contributed by atoms with Gasteiger partial charge in [-0.15, -0.1) is 0 Å². The average Bonchev–Trinajstić information content (AvgIpc) is 2.50. The Bertz CT molecular complexity index is 378. The first kappa shape index (κ1) is 16.5. The number of ketones is 1. The average molecular weight is 281 g/mol. The second kappa shape index (κ2) is 10.2. The Morgan fingerprint density at radius 1 is 1.05 bits per heavy atom. The summed E-state index contributed by atoms with van der Waals surface area (Å²) in [6.07, 6.45) is 0.515. The van der Waals surface area contributed by atoms with Gasteiger partial charge in [-0.05, 0) is 24.3 Å². The van der Waals surface area contributed by atoms with E-state index in [2.05, 4.69) is 5.32 Å². The van der Waals surface area contributed by atoms with Crippen molar-refractivity contribution < 1.29 is 19.0 Å². The minimum atomic E-state index is 0.110. The van der Waals surface area contributed by atoms with E-state index in [1.807, 2.05) is 38.2 Å². The molecule has 0 aromatic heterocycles. The summed E-state index contributed by atoms with van der Waals surface area (Å²) in [5.41, 5.74) is 1.05. The first-order valence-corrected chi connectivity index (χ1v) is 6.84. The van der Waals surface area contributed by atoms with Crippen molar-refractivity contribution in [2.75, 3.05) is 45.4 Å². The molecule has 0 unspecified atom stereocenters. The van der Waals surface area contributed by atoms with E-state index >= 15 is 0 Å². The molecule has 0 aliphatic heterocycles. The van der Waals surface area contributed by atoms with E-state index in [0.717, 1.165) is 11.4 Å². The zero-order chi connectivity index (χ0) is 14.6. The molecule has 0 saturated heterocycles. The van der Waals surface area contributed by atoms with Crippen LogP contribution in [0.2, 0.25) is 0 Å². The van der Waals surface area contributed by atoms with E-state index in [4.69, 9.17) is 14.2 Å². The Morgan fingerprint density at radius 2 is 1.70 bits per heavy atom. The number of Topliss-reactive ketones (excluding diaryl/α,β-unsaturated/α-hetero) is 1. The van der Waals surface area contributed by atoms with Crippen LogP contribution in [0.1, 0.15) is 13.3 Å². The Morgan fingerprint density at radius 3 is 2.35 bits per heavy atom. The lowest BCUT2D eigenvalue weighted by molar-refractivity contribution is -0.123. The molecular weight excluding hydrogens is 258 g/mol. The van der Waals surface area contributed by atoms with Crippen LogP contribution in [-0.2, 0) is 14.3 Å². The lowest BCUT2D eigenvalue weighted by Gasteiger charge is -2.08. The number of benzene rings is 1. The van der Waals surface area contributed by atoms with E-state index < -0.39 is 0 Å². The predicted molar refractivity (Wildman–Crippen MR) is 78.4 cm³/mol. The van der Waals surface area contributed by atoms with Gasteiger partial charge in [0.25, 0.3) is 0 Å². The van der Waals surface area contributed by atoms with Crippen molar-refractivity contribution >= 4 is 11.5 Å². The minimum Gasteiger partial charge on any atom is -0.491 e. The van der Waals surface area contributed by atoms with Gasteiger partial charge in [-0.25, -0.2) is 0 Å². The molecule has 5 heteroatoms. The van der Waals surface area contributed by atoms with E-state index in [-0.39, 0.29) is 12.4 Å². The summed E-state index contributed by atoms with van der Waals surface area (Å²) in [7, 11) is 1.87. The number of ether oxygens (including phenoxy) is 3. The highest BCUT2D eigenvalue weighted by Gasteiger charge is 1.98. The zero-order valence-corrected chi connectivity index (χ0v) is 12.2. The van der Waals surface area contributed by atoms with Gasteiger partial charge in [0.05, 0.1) is 19.8 Å². The SMILES string of the molecule is CCC(=O)COCCOCCOc1ccc(NC)cc1. The second-order valence-corrected chi connectivity index (χ2v) is 4.18. The summed E-state index contributed by atoms with van der Waals surface area (Å²) >= 11 is 0. The van der Waals surface area contributed by atoms with Gasteiger partial charge < -0.3 is 19.5 Å². The maximum atomic E-state index is 11.0. The van der Waals surface area contributed by atoms with E-state index in [9.17, 15) is 4.79 Å². The molecule has 0 saturated carbocycles. The highest BCUT2D eigenvalue weighted by molar-refractivity contribution is 5.79. The standard InChI is InChI=1S/C15H23NO4/c1-3-14(17)12-19-9-8-18-10-11-20-15-6-4-13(16-2)5-7-15/h4-7,16H,3,8-12H2,1-2H3. The topological polar surface area (TPSA) is 56.8 Å². The Balaban J connectivity index is 1.97. The fourth-order valence-electron chi connectivity index (χ4n) is 1.44. The molecule has 5 nitrogen and oxygen atoms in total. The molecule has 1 rings (SSSR count). The van der Waals surface area contributed by atoms with Crippen molar-refractivity contribution in [3.63, 3.8) is 0 Å². The molecule has 1 aromatic rings. The van der Waals surface area contributed by atoms with Crippen LogP contribution in [0.4, 0.5) is 5.69 Å². The van der Waals surface area contributed by atoms with Gasteiger partial charge in [0, 0.05) is 19.2 Å². The van der Waals surface area contributed by atoms with Crippen LogP contribution in [0.3, 0.4) is 0 Å². The molecule has 1 aromatic carbocycles. The van der Waals surface area contributed by atoms with Crippen molar-refractivity contribution in [3.05, 3.63) is 24.3 Å². The third kappa shape index (κ3) is 7.11. The summed E-state index contributed by atoms with van der Waals surface area (Å²) < 4.78 is 16.0. The van der Waals surface area contributed by atoms with Gasteiger partial charge >= 0.3 is 0 Å². The minimum absolute atomic E-state index is 0.110. The second-order valence-electron chi connectivity index (χ2n) is 4.18. The molecular formula is C15H23NO4. The van der Waals surface area contributed by atoms with Crippen molar-refractivity contribution in [2.45, 2.75) is 13.3 Å². The molecule has 0 atom stereocenters. The van der Waals surface area contributed by atoms with Gasteiger partial charge in [0.15, 0.2) is 5.78 Å². The number of carbonyl (C=O) groups excluding carboxylic acids is 1. The zero-order valence-electron chi connectivity index (χ0n) is 12.2. The molecule has 0 heterocycles.